The van der Waals surface area contributed by atoms with Crippen LogP contribution in [0.1, 0.15) is 21.5 Å². The number of ether oxygens (including phenoxy) is 2. The minimum Gasteiger partial charge on any atom is -0.465 e. The van der Waals surface area contributed by atoms with E-state index < -0.39 is 28.8 Å². The third kappa shape index (κ3) is 4.53. The molecule has 164 valence electrons. The number of esters is 1. The molecule has 0 aliphatic carbocycles. The molecular weight excluding hydrogens is 417 g/mol. The molecule has 7 nitrogen and oxygen atoms in total. The van der Waals surface area contributed by atoms with Gasteiger partial charge in [0.1, 0.15) is 0 Å². The molecule has 0 amide bonds. The van der Waals surface area contributed by atoms with Crippen molar-refractivity contribution in [2.24, 2.45) is 0 Å². The second kappa shape index (κ2) is 8.76. The van der Waals surface area contributed by atoms with Crippen LogP contribution < -0.4 is 11.1 Å². The van der Waals surface area contributed by atoms with Crippen molar-refractivity contribution in [1.29, 1.82) is 0 Å². The standard InChI is InChI=1S/C21H19F3N2O5/c1-30-10-9-25-16-8-7-15(21(22,23)24)11-17(16)26(19(28)18(25)27)12-13-3-5-14(6-4-13)20(29)31-2/h3-8,11H,9-10,12H2,1-2H3. The monoisotopic (exact) mass is 436 g/mol. The van der Waals surface area contributed by atoms with E-state index in [1.165, 1.54) is 44.6 Å². The van der Waals surface area contributed by atoms with Gasteiger partial charge in [0, 0.05) is 13.7 Å². The number of hydrogen-bond donors (Lipinski definition) is 0. The van der Waals surface area contributed by atoms with Crippen LogP contribution >= 0.6 is 0 Å². The summed E-state index contributed by atoms with van der Waals surface area (Å²) < 4.78 is 51.6. The van der Waals surface area contributed by atoms with E-state index in [1.807, 2.05) is 0 Å². The number of alkyl halides is 3. The first-order chi connectivity index (χ1) is 14.7. The third-order valence-corrected chi connectivity index (χ3v) is 4.79. The number of rotatable bonds is 6. The van der Waals surface area contributed by atoms with E-state index in [-0.39, 0.29) is 36.3 Å². The van der Waals surface area contributed by atoms with E-state index in [2.05, 4.69) is 4.74 Å². The third-order valence-electron chi connectivity index (χ3n) is 4.79. The zero-order valence-corrected chi connectivity index (χ0v) is 16.7. The topological polar surface area (TPSA) is 79.5 Å². The van der Waals surface area contributed by atoms with Crippen molar-refractivity contribution >= 4 is 17.0 Å². The lowest BCUT2D eigenvalue weighted by atomic mass is 10.1. The molecule has 10 heteroatoms. The summed E-state index contributed by atoms with van der Waals surface area (Å²) in [6.45, 7) is -0.0337. The molecule has 0 saturated heterocycles. The molecule has 0 N–H and O–H groups in total. The molecule has 0 aliphatic rings. The van der Waals surface area contributed by atoms with Crippen molar-refractivity contribution < 1.29 is 27.4 Å². The van der Waals surface area contributed by atoms with Gasteiger partial charge in [0.25, 0.3) is 0 Å². The smallest absolute Gasteiger partial charge is 0.416 e. The van der Waals surface area contributed by atoms with Crippen LogP contribution in [0.25, 0.3) is 11.0 Å². The largest absolute Gasteiger partial charge is 0.465 e. The zero-order valence-electron chi connectivity index (χ0n) is 16.7. The predicted octanol–water partition coefficient (Wildman–Crippen LogP) is 2.66. The van der Waals surface area contributed by atoms with Gasteiger partial charge in [-0.1, -0.05) is 12.1 Å². The summed E-state index contributed by atoms with van der Waals surface area (Å²) in [5, 5.41) is 0. The van der Waals surface area contributed by atoms with Crippen molar-refractivity contribution in [2.45, 2.75) is 19.3 Å². The molecule has 0 unspecified atom stereocenters. The number of fused-ring (bicyclic) bond motifs is 1. The van der Waals surface area contributed by atoms with Crippen molar-refractivity contribution in [3.05, 3.63) is 79.9 Å². The van der Waals surface area contributed by atoms with Gasteiger partial charge < -0.3 is 9.47 Å². The van der Waals surface area contributed by atoms with E-state index in [9.17, 15) is 27.6 Å². The average molecular weight is 436 g/mol. The quantitative estimate of drug-likeness (QED) is 0.439. The number of hydrogen-bond acceptors (Lipinski definition) is 5. The SMILES string of the molecule is COCCn1c(=O)c(=O)n(Cc2ccc(C(=O)OC)cc2)c2cc(C(F)(F)F)ccc21. The van der Waals surface area contributed by atoms with Crippen molar-refractivity contribution in [3.63, 3.8) is 0 Å². The fourth-order valence-electron chi connectivity index (χ4n) is 3.20. The van der Waals surface area contributed by atoms with E-state index >= 15 is 0 Å². The molecule has 2 aromatic carbocycles. The van der Waals surface area contributed by atoms with Crippen LogP contribution in [-0.2, 0) is 28.7 Å². The minimum absolute atomic E-state index is 0.0150. The summed E-state index contributed by atoms with van der Waals surface area (Å²) in [6.07, 6.45) is -4.62. The van der Waals surface area contributed by atoms with Gasteiger partial charge in [-0.25, -0.2) is 4.79 Å². The first-order valence-electron chi connectivity index (χ1n) is 9.18. The van der Waals surface area contributed by atoms with Gasteiger partial charge in [-0.05, 0) is 35.9 Å². The normalized spacial score (nSPS) is 11.6. The number of methoxy groups -OCH3 is 2. The lowest BCUT2D eigenvalue weighted by Crippen LogP contribution is -2.42. The molecule has 0 aliphatic heterocycles. The molecule has 3 aromatic rings. The van der Waals surface area contributed by atoms with Gasteiger partial charge in [-0.15, -0.1) is 0 Å². The average Bonchev–Trinajstić information content (AvgIpc) is 2.75. The number of carbonyl (C=O) groups is 1. The molecule has 0 fully saturated rings. The number of carbonyl (C=O) groups excluding carboxylic acids is 1. The van der Waals surface area contributed by atoms with Gasteiger partial charge in [-0.2, -0.15) is 13.2 Å². The van der Waals surface area contributed by atoms with Gasteiger partial charge in [0.05, 0.1) is 42.4 Å². The maximum atomic E-state index is 13.3. The van der Waals surface area contributed by atoms with E-state index in [0.29, 0.717) is 5.56 Å². The Hall–Kier alpha value is -3.40. The molecule has 1 aromatic heterocycles. The van der Waals surface area contributed by atoms with Crippen LogP contribution in [0.5, 0.6) is 0 Å². The fraction of sp³-hybridized carbons (Fsp3) is 0.286. The van der Waals surface area contributed by atoms with Gasteiger partial charge >= 0.3 is 23.3 Å². The molecule has 31 heavy (non-hydrogen) atoms. The van der Waals surface area contributed by atoms with Crippen molar-refractivity contribution in [3.8, 4) is 0 Å². The van der Waals surface area contributed by atoms with Gasteiger partial charge in [0.2, 0.25) is 0 Å². The number of nitrogens with zero attached hydrogens (tertiary/aromatic N) is 2. The van der Waals surface area contributed by atoms with Crippen LogP contribution in [0.2, 0.25) is 0 Å². The number of aromatic nitrogens is 2. The summed E-state index contributed by atoms with van der Waals surface area (Å²) in [5.74, 6) is -0.551. The highest BCUT2D eigenvalue weighted by molar-refractivity contribution is 5.89. The summed E-state index contributed by atoms with van der Waals surface area (Å²) in [5.41, 5.74) is -1.82. The second-order valence-corrected chi connectivity index (χ2v) is 6.73. The number of benzene rings is 2. The van der Waals surface area contributed by atoms with E-state index in [0.717, 1.165) is 21.3 Å². The Morgan fingerprint density at radius 3 is 2.16 bits per heavy atom. The van der Waals surface area contributed by atoms with Gasteiger partial charge in [0.15, 0.2) is 0 Å². The maximum Gasteiger partial charge on any atom is 0.416 e. The summed E-state index contributed by atoms with van der Waals surface area (Å²) in [4.78, 5) is 37.0. The first kappa shape index (κ1) is 22.3. The highest BCUT2D eigenvalue weighted by Gasteiger charge is 2.31. The van der Waals surface area contributed by atoms with Crippen LogP contribution in [0.3, 0.4) is 0 Å². The molecule has 0 radical (unpaired) electrons. The Morgan fingerprint density at radius 1 is 0.935 bits per heavy atom. The summed E-state index contributed by atoms with van der Waals surface area (Å²) in [7, 11) is 2.65. The molecule has 1 heterocycles. The van der Waals surface area contributed by atoms with Gasteiger partial charge in [-0.3, -0.25) is 18.7 Å². The zero-order chi connectivity index (χ0) is 22.8. The first-order valence-corrected chi connectivity index (χ1v) is 9.18. The van der Waals surface area contributed by atoms with Crippen molar-refractivity contribution in [1.82, 2.24) is 9.13 Å². The molecule has 0 spiro atoms. The van der Waals surface area contributed by atoms with E-state index in [4.69, 9.17) is 4.74 Å². The Morgan fingerprint density at radius 2 is 1.58 bits per heavy atom. The van der Waals surface area contributed by atoms with Crippen LogP contribution in [-0.4, -0.2) is 35.9 Å². The molecule has 0 bridgehead atoms. The number of halogens is 3. The molecule has 0 saturated carbocycles. The molecule has 0 atom stereocenters. The predicted molar refractivity (Wildman–Crippen MR) is 106 cm³/mol. The van der Waals surface area contributed by atoms with Crippen LogP contribution in [0.4, 0.5) is 13.2 Å². The Labute approximate surface area is 174 Å². The van der Waals surface area contributed by atoms with Crippen LogP contribution in [0, 0.1) is 0 Å². The highest BCUT2D eigenvalue weighted by Crippen LogP contribution is 2.31. The summed E-state index contributed by atoms with van der Waals surface area (Å²) >= 11 is 0. The van der Waals surface area contributed by atoms with Crippen LogP contribution in [0.15, 0.2) is 52.1 Å². The molecule has 3 rings (SSSR count). The molecular formula is C21H19F3N2O5. The Bertz CT molecular complexity index is 1230. The van der Waals surface area contributed by atoms with Crippen molar-refractivity contribution in [2.75, 3.05) is 20.8 Å². The second-order valence-electron chi connectivity index (χ2n) is 6.73. The fourth-order valence-corrected chi connectivity index (χ4v) is 3.20. The maximum absolute atomic E-state index is 13.3. The van der Waals surface area contributed by atoms with E-state index in [1.54, 1.807) is 0 Å². The highest BCUT2D eigenvalue weighted by atomic mass is 19.4. The Kier molecular flexibility index (Phi) is 6.30. The Balaban J connectivity index is 2.19. The lowest BCUT2D eigenvalue weighted by molar-refractivity contribution is -0.137. The lowest BCUT2D eigenvalue weighted by Gasteiger charge is -2.17. The minimum atomic E-state index is -4.62. The summed E-state index contributed by atoms with van der Waals surface area (Å²) in [6, 6.07) is 8.90.